The van der Waals surface area contributed by atoms with Crippen molar-refractivity contribution in [1.82, 2.24) is 4.90 Å². The van der Waals surface area contributed by atoms with Crippen LogP contribution in [0.25, 0.3) is 0 Å². The summed E-state index contributed by atoms with van der Waals surface area (Å²) in [6, 6.07) is 0. The quantitative estimate of drug-likeness (QED) is 0.690. The standard InChI is InChI=1S/C11H21NO3/c1-15-10-5-7-12(8-6-10)11(14)4-2-3-9-13/h10,13H,2-9H2,1H3. The van der Waals surface area contributed by atoms with Gasteiger partial charge in [-0.25, -0.2) is 0 Å². The summed E-state index contributed by atoms with van der Waals surface area (Å²) in [6.07, 6.45) is 4.30. The molecule has 1 amide bonds. The molecule has 0 saturated carbocycles. The molecule has 1 heterocycles. The Hall–Kier alpha value is -0.610. The Bertz CT molecular complexity index is 188. The molecule has 1 saturated heterocycles. The zero-order chi connectivity index (χ0) is 11.1. The van der Waals surface area contributed by atoms with Gasteiger partial charge < -0.3 is 14.7 Å². The van der Waals surface area contributed by atoms with Crippen molar-refractivity contribution < 1.29 is 14.6 Å². The summed E-state index contributed by atoms with van der Waals surface area (Å²) in [5.41, 5.74) is 0. The Kier molecular flexibility index (Phi) is 5.65. The van der Waals surface area contributed by atoms with E-state index in [0.717, 1.165) is 38.8 Å². The summed E-state index contributed by atoms with van der Waals surface area (Å²) in [5.74, 6) is 0.220. The van der Waals surface area contributed by atoms with Crippen LogP contribution in [0.5, 0.6) is 0 Å². The molecule has 1 fully saturated rings. The van der Waals surface area contributed by atoms with Crippen LogP contribution in [0.15, 0.2) is 0 Å². The third-order valence-corrected chi connectivity index (χ3v) is 2.93. The summed E-state index contributed by atoms with van der Waals surface area (Å²) in [6.45, 7) is 1.81. The van der Waals surface area contributed by atoms with Gasteiger partial charge in [-0.1, -0.05) is 0 Å². The largest absolute Gasteiger partial charge is 0.396 e. The van der Waals surface area contributed by atoms with Crippen molar-refractivity contribution >= 4 is 5.91 Å². The fourth-order valence-corrected chi connectivity index (χ4v) is 1.89. The molecule has 1 rings (SSSR count). The molecule has 0 aromatic carbocycles. The van der Waals surface area contributed by atoms with E-state index >= 15 is 0 Å². The number of hydrogen-bond donors (Lipinski definition) is 1. The normalized spacial score (nSPS) is 18.1. The van der Waals surface area contributed by atoms with Crippen LogP contribution in [0, 0.1) is 0 Å². The van der Waals surface area contributed by atoms with E-state index in [1.54, 1.807) is 7.11 Å². The van der Waals surface area contributed by atoms with Gasteiger partial charge in [0.05, 0.1) is 6.10 Å². The molecule has 1 aliphatic heterocycles. The van der Waals surface area contributed by atoms with Gasteiger partial charge in [-0.15, -0.1) is 0 Å². The molecule has 0 unspecified atom stereocenters. The maximum absolute atomic E-state index is 11.7. The molecule has 0 aromatic heterocycles. The van der Waals surface area contributed by atoms with Crippen molar-refractivity contribution in [3.05, 3.63) is 0 Å². The number of hydrogen-bond acceptors (Lipinski definition) is 3. The van der Waals surface area contributed by atoms with E-state index in [0.29, 0.717) is 12.5 Å². The smallest absolute Gasteiger partial charge is 0.222 e. The highest BCUT2D eigenvalue weighted by Crippen LogP contribution is 2.14. The first kappa shape index (κ1) is 12.5. The average Bonchev–Trinajstić information content (AvgIpc) is 2.29. The Morgan fingerprint density at radius 2 is 2.07 bits per heavy atom. The first-order valence-corrected chi connectivity index (χ1v) is 5.69. The summed E-state index contributed by atoms with van der Waals surface area (Å²) < 4.78 is 5.25. The predicted octanol–water partition coefficient (Wildman–Crippen LogP) is 0.786. The van der Waals surface area contributed by atoms with Crippen molar-refractivity contribution in [1.29, 1.82) is 0 Å². The van der Waals surface area contributed by atoms with Crippen LogP contribution in [0.4, 0.5) is 0 Å². The number of nitrogens with zero attached hydrogens (tertiary/aromatic N) is 1. The number of amides is 1. The topological polar surface area (TPSA) is 49.8 Å². The number of rotatable bonds is 5. The number of aliphatic hydroxyl groups excluding tert-OH is 1. The first-order chi connectivity index (χ1) is 7.27. The minimum Gasteiger partial charge on any atom is -0.396 e. The molecule has 4 nitrogen and oxygen atoms in total. The van der Waals surface area contributed by atoms with Gasteiger partial charge >= 0.3 is 0 Å². The van der Waals surface area contributed by atoms with Gasteiger partial charge in [0, 0.05) is 33.2 Å². The van der Waals surface area contributed by atoms with Gasteiger partial charge in [0.25, 0.3) is 0 Å². The number of ether oxygens (including phenoxy) is 1. The summed E-state index contributed by atoms with van der Waals surface area (Å²) in [5, 5.41) is 8.61. The molecule has 0 atom stereocenters. The highest BCUT2D eigenvalue weighted by Gasteiger charge is 2.21. The molecule has 0 spiro atoms. The fraction of sp³-hybridized carbons (Fsp3) is 0.909. The van der Waals surface area contributed by atoms with E-state index in [-0.39, 0.29) is 12.5 Å². The molecule has 0 radical (unpaired) electrons. The number of unbranched alkanes of at least 4 members (excludes halogenated alkanes) is 1. The van der Waals surface area contributed by atoms with Crippen LogP contribution in [0.1, 0.15) is 32.1 Å². The minimum atomic E-state index is 0.180. The Balaban J connectivity index is 2.18. The van der Waals surface area contributed by atoms with Crippen LogP contribution in [0.2, 0.25) is 0 Å². The summed E-state index contributed by atoms with van der Waals surface area (Å²) >= 11 is 0. The number of aliphatic hydroxyl groups is 1. The fourth-order valence-electron chi connectivity index (χ4n) is 1.89. The monoisotopic (exact) mass is 215 g/mol. The second-order valence-electron chi connectivity index (χ2n) is 4.00. The van der Waals surface area contributed by atoms with Crippen LogP contribution in [0.3, 0.4) is 0 Å². The van der Waals surface area contributed by atoms with Crippen LogP contribution < -0.4 is 0 Å². The van der Waals surface area contributed by atoms with E-state index in [4.69, 9.17) is 9.84 Å². The van der Waals surface area contributed by atoms with E-state index in [1.807, 2.05) is 4.90 Å². The Morgan fingerprint density at radius 1 is 1.40 bits per heavy atom. The molecule has 0 aromatic rings. The van der Waals surface area contributed by atoms with Gasteiger partial charge in [0.15, 0.2) is 0 Å². The molecule has 1 aliphatic rings. The number of methoxy groups -OCH3 is 1. The van der Waals surface area contributed by atoms with Gasteiger partial charge in [-0.2, -0.15) is 0 Å². The molecule has 1 N–H and O–H groups in total. The predicted molar refractivity (Wildman–Crippen MR) is 57.5 cm³/mol. The third-order valence-electron chi connectivity index (χ3n) is 2.93. The molecular weight excluding hydrogens is 194 g/mol. The minimum absolute atomic E-state index is 0.180. The van der Waals surface area contributed by atoms with Crippen LogP contribution in [-0.4, -0.2) is 48.8 Å². The SMILES string of the molecule is COC1CCN(C(=O)CCCCO)CC1. The second-order valence-corrected chi connectivity index (χ2v) is 4.00. The molecule has 15 heavy (non-hydrogen) atoms. The molecule has 0 bridgehead atoms. The molecular formula is C11H21NO3. The third kappa shape index (κ3) is 4.18. The number of carbonyl (C=O) groups is 1. The van der Waals surface area contributed by atoms with E-state index in [1.165, 1.54) is 0 Å². The van der Waals surface area contributed by atoms with E-state index in [2.05, 4.69) is 0 Å². The van der Waals surface area contributed by atoms with Gasteiger partial charge in [0.2, 0.25) is 5.91 Å². The number of carbonyl (C=O) groups excluding carboxylic acids is 1. The zero-order valence-corrected chi connectivity index (χ0v) is 9.45. The van der Waals surface area contributed by atoms with Crippen molar-refractivity contribution in [2.75, 3.05) is 26.8 Å². The number of piperidine rings is 1. The second kappa shape index (κ2) is 6.80. The lowest BCUT2D eigenvalue weighted by Gasteiger charge is -2.31. The maximum Gasteiger partial charge on any atom is 0.222 e. The van der Waals surface area contributed by atoms with E-state index in [9.17, 15) is 4.79 Å². The van der Waals surface area contributed by atoms with Gasteiger partial charge in [0.1, 0.15) is 0 Å². The van der Waals surface area contributed by atoms with Crippen molar-refractivity contribution in [2.24, 2.45) is 0 Å². The molecule has 0 aliphatic carbocycles. The van der Waals surface area contributed by atoms with Crippen molar-refractivity contribution in [3.63, 3.8) is 0 Å². The highest BCUT2D eigenvalue weighted by molar-refractivity contribution is 5.76. The van der Waals surface area contributed by atoms with E-state index < -0.39 is 0 Å². The molecule has 88 valence electrons. The Morgan fingerprint density at radius 3 is 2.60 bits per heavy atom. The summed E-state index contributed by atoms with van der Waals surface area (Å²) in [4.78, 5) is 13.6. The zero-order valence-electron chi connectivity index (χ0n) is 9.45. The first-order valence-electron chi connectivity index (χ1n) is 5.69. The van der Waals surface area contributed by atoms with Gasteiger partial charge in [-0.3, -0.25) is 4.79 Å². The van der Waals surface area contributed by atoms with Crippen molar-refractivity contribution in [2.45, 2.75) is 38.2 Å². The molecule has 4 heteroatoms. The number of likely N-dealkylation sites (tertiary alicyclic amines) is 1. The highest BCUT2D eigenvalue weighted by atomic mass is 16.5. The average molecular weight is 215 g/mol. The van der Waals surface area contributed by atoms with Gasteiger partial charge in [-0.05, 0) is 25.7 Å². The lowest BCUT2D eigenvalue weighted by atomic mass is 10.1. The lowest BCUT2D eigenvalue weighted by molar-refractivity contribution is -0.133. The lowest BCUT2D eigenvalue weighted by Crippen LogP contribution is -2.40. The maximum atomic E-state index is 11.7. The summed E-state index contributed by atoms with van der Waals surface area (Å²) in [7, 11) is 1.73. The Labute approximate surface area is 91.2 Å². The van der Waals surface area contributed by atoms with Crippen LogP contribution in [-0.2, 0) is 9.53 Å². The van der Waals surface area contributed by atoms with Crippen molar-refractivity contribution in [3.8, 4) is 0 Å². The van der Waals surface area contributed by atoms with Crippen LogP contribution >= 0.6 is 0 Å².